The van der Waals surface area contributed by atoms with Gasteiger partial charge in [0.25, 0.3) is 0 Å². The summed E-state index contributed by atoms with van der Waals surface area (Å²) in [6.45, 7) is 2.51. The predicted molar refractivity (Wildman–Crippen MR) is 149 cm³/mol. The quantitative estimate of drug-likeness (QED) is 0.256. The molecule has 204 valence electrons. The lowest BCUT2D eigenvalue weighted by atomic mass is 10.1. The Bertz CT molecular complexity index is 1290. The van der Waals surface area contributed by atoms with Gasteiger partial charge in [0.1, 0.15) is 0 Å². The first-order valence-corrected chi connectivity index (χ1v) is 12.4. The minimum Gasteiger partial charge on any atom is -0.478 e. The van der Waals surface area contributed by atoms with Crippen LogP contribution in [-0.4, -0.2) is 60.6 Å². The van der Waals surface area contributed by atoms with Crippen molar-refractivity contribution in [1.29, 1.82) is 0 Å². The number of aromatic carboxylic acids is 1. The fourth-order valence-electron chi connectivity index (χ4n) is 3.75. The van der Waals surface area contributed by atoms with E-state index < -0.39 is 11.9 Å². The normalized spacial score (nSPS) is 10.4. The van der Waals surface area contributed by atoms with Crippen molar-refractivity contribution in [3.8, 4) is 0 Å². The molecule has 10 nitrogen and oxygen atoms in total. The average molecular weight is 533 g/mol. The van der Waals surface area contributed by atoms with E-state index in [1.54, 1.807) is 31.4 Å². The van der Waals surface area contributed by atoms with Crippen LogP contribution in [0, 0.1) is 6.92 Å². The summed E-state index contributed by atoms with van der Waals surface area (Å²) in [4.78, 5) is 50.5. The van der Waals surface area contributed by atoms with Gasteiger partial charge in [-0.2, -0.15) is 0 Å². The number of ether oxygens (including phenoxy) is 1. The molecule has 0 aliphatic rings. The van der Waals surface area contributed by atoms with E-state index in [1.807, 2.05) is 31.2 Å². The molecule has 0 saturated carbocycles. The number of amides is 4. The minimum absolute atomic E-state index is 0.0727. The first-order valence-electron chi connectivity index (χ1n) is 12.4. The Labute approximate surface area is 227 Å². The van der Waals surface area contributed by atoms with Crippen LogP contribution < -0.4 is 16.0 Å². The number of rotatable bonds is 12. The molecule has 3 aromatic carbocycles. The maximum absolute atomic E-state index is 13.1. The predicted octanol–water partition coefficient (Wildman–Crippen LogP) is 4.38. The number of nitrogens with zero attached hydrogens (tertiary/aromatic N) is 1. The van der Waals surface area contributed by atoms with Gasteiger partial charge in [0.15, 0.2) is 0 Å². The number of para-hydroxylation sites is 1. The summed E-state index contributed by atoms with van der Waals surface area (Å²) in [6, 6.07) is 19.8. The topological polar surface area (TPSA) is 137 Å². The average Bonchev–Trinajstić information content (AvgIpc) is 2.91. The molecule has 0 aromatic heterocycles. The number of hydrogen-bond acceptors (Lipinski definition) is 5. The minimum atomic E-state index is -1.06. The summed E-state index contributed by atoms with van der Waals surface area (Å²) in [6.07, 6.45) is 0.630. The zero-order valence-corrected chi connectivity index (χ0v) is 21.9. The molecule has 39 heavy (non-hydrogen) atoms. The van der Waals surface area contributed by atoms with Crippen LogP contribution in [0.15, 0.2) is 72.8 Å². The van der Waals surface area contributed by atoms with Gasteiger partial charge in [0.05, 0.1) is 18.5 Å². The van der Waals surface area contributed by atoms with Gasteiger partial charge in [-0.05, 0) is 66.9 Å². The SMILES string of the molecule is COCCCN(CC(=O)Nc1ccc(C(=O)O)cc1)C(=O)Cc1ccc(NC(=O)Nc2ccccc2C)cc1. The highest BCUT2D eigenvalue weighted by atomic mass is 16.5. The molecule has 0 bridgehead atoms. The molecule has 0 saturated heterocycles. The summed E-state index contributed by atoms with van der Waals surface area (Å²) in [5.41, 5.74) is 3.50. The van der Waals surface area contributed by atoms with Crippen molar-refractivity contribution in [2.24, 2.45) is 0 Å². The van der Waals surface area contributed by atoms with E-state index in [4.69, 9.17) is 9.84 Å². The van der Waals surface area contributed by atoms with Crippen LogP contribution in [-0.2, 0) is 20.7 Å². The van der Waals surface area contributed by atoms with Crippen molar-refractivity contribution >= 4 is 40.9 Å². The Morgan fingerprint density at radius 1 is 0.846 bits per heavy atom. The van der Waals surface area contributed by atoms with Crippen molar-refractivity contribution in [2.45, 2.75) is 19.8 Å². The van der Waals surface area contributed by atoms with E-state index in [9.17, 15) is 19.2 Å². The third kappa shape index (κ3) is 9.28. The van der Waals surface area contributed by atoms with E-state index >= 15 is 0 Å². The number of carbonyl (C=O) groups is 4. The lowest BCUT2D eigenvalue weighted by molar-refractivity contribution is -0.134. The first kappa shape index (κ1) is 28.9. The molecular weight excluding hydrogens is 500 g/mol. The number of nitrogens with one attached hydrogen (secondary N) is 3. The van der Waals surface area contributed by atoms with Crippen LogP contribution in [0.4, 0.5) is 21.9 Å². The molecule has 0 unspecified atom stereocenters. The number of carboxylic acids is 1. The fourth-order valence-corrected chi connectivity index (χ4v) is 3.75. The molecule has 0 heterocycles. The van der Waals surface area contributed by atoms with Crippen molar-refractivity contribution in [3.63, 3.8) is 0 Å². The van der Waals surface area contributed by atoms with E-state index in [0.29, 0.717) is 36.6 Å². The fraction of sp³-hybridized carbons (Fsp3) is 0.241. The second kappa shape index (κ2) is 14.3. The van der Waals surface area contributed by atoms with Gasteiger partial charge in [-0.15, -0.1) is 0 Å². The second-order valence-corrected chi connectivity index (χ2v) is 8.86. The second-order valence-electron chi connectivity index (χ2n) is 8.86. The molecule has 4 amide bonds. The Kier molecular flexibility index (Phi) is 10.6. The number of methoxy groups -OCH3 is 1. The van der Waals surface area contributed by atoms with Gasteiger partial charge < -0.3 is 30.7 Å². The molecule has 0 aliphatic heterocycles. The summed E-state index contributed by atoms with van der Waals surface area (Å²) in [5, 5.41) is 17.3. The smallest absolute Gasteiger partial charge is 0.335 e. The van der Waals surface area contributed by atoms with Gasteiger partial charge in [-0.1, -0.05) is 30.3 Å². The van der Waals surface area contributed by atoms with Crippen molar-refractivity contribution in [2.75, 3.05) is 42.8 Å². The largest absolute Gasteiger partial charge is 0.478 e. The van der Waals surface area contributed by atoms with Crippen LogP contribution in [0.1, 0.15) is 27.9 Å². The highest BCUT2D eigenvalue weighted by molar-refractivity contribution is 6.00. The summed E-state index contributed by atoms with van der Waals surface area (Å²) < 4.78 is 5.08. The summed E-state index contributed by atoms with van der Waals surface area (Å²) >= 11 is 0. The molecule has 3 rings (SSSR count). The highest BCUT2D eigenvalue weighted by Gasteiger charge is 2.18. The molecule has 4 N–H and O–H groups in total. The monoisotopic (exact) mass is 532 g/mol. The zero-order chi connectivity index (χ0) is 28.2. The van der Waals surface area contributed by atoms with Crippen molar-refractivity contribution in [3.05, 3.63) is 89.5 Å². The number of hydrogen-bond donors (Lipinski definition) is 4. The van der Waals surface area contributed by atoms with Crippen LogP contribution in [0.2, 0.25) is 0 Å². The van der Waals surface area contributed by atoms with E-state index in [-0.39, 0.29) is 30.5 Å². The van der Waals surface area contributed by atoms with Crippen molar-refractivity contribution < 1.29 is 29.0 Å². The molecule has 0 spiro atoms. The first-order chi connectivity index (χ1) is 18.7. The van der Waals surface area contributed by atoms with Crippen LogP contribution in [0.5, 0.6) is 0 Å². The van der Waals surface area contributed by atoms with E-state index in [1.165, 1.54) is 29.2 Å². The zero-order valence-electron chi connectivity index (χ0n) is 21.9. The molecule has 3 aromatic rings. The van der Waals surface area contributed by atoms with E-state index in [2.05, 4.69) is 16.0 Å². The number of carbonyl (C=O) groups excluding carboxylic acids is 3. The highest BCUT2D eigenvalue weighted by Crippen LogP contribution is 2.16. The maximum atomic E-state index is 13.1. The third-order valence-electron chi connectivity index (χ3n) is 5.84. The third-order valence-corrected chi connectivity index (χ3v) is 5.84. The Morgan fingerprint density at radius 3 is 2.13 bits per heavy atom. The number of urea groups is 1. The van der Waals surface area contributed by atoms with Gasteiger partial charge in [0, 0.05) is 37.3 Å². The molecule has 0 fully saturated rings. The van der Waals surface area contributed by atoms with Crippen LogP contribution in [0.3, 0.4) is 0 Å². The Hall–Kier alpha value is -4.70. The summed E-state index contributed by atoms with van der Waals surface area (Å²) in [7, 11) is 1.57. The van der Waals surface area contributed by atoms with Crippen LogP contribution in [0.25, 0.3) is 0 Å². The molecule has 10 heteroatoms. The van der Waals surface area contributed by atoms with Gasteiger partial charge in [-0.25, -0.2) is 9.59 Å². The Morgan fingerprint density at radius 2 is 1.49 bits per heavy atom. The lowest BCUT2D eigenvalue weighted by Crippen LogP contribution is -2.39. The Balaban J connectivity index is 1.57. The van der Waals surface area contributed by atoms with Gasteiger partial charge in [-0.3, -0.25) is 9.59 Å². The lowest BCUT2D eigenvalue weighted by Gasteiger charge is -2.22. The number of anilines is 3. The standard InChI is InChI=1S/C29H32N4O6/c1-20-6-3-4-7-25(20)32-29(38)31-24-12-8-21(9-13-24)18-27(35)33(16-5-17-39-2)19-26(34)30-23-14-10-22(11-15-23)28(36)37/h3-4,6-15H,5,16-19H2,1-2H3,(H,30,34)(H,36,37)(H2,31,32,38). The number of benzene rings is 3. The van der Waals surface area contributed by atoms with Gasteiger partial charge in [0.2, 0.25) is 11.8 Å². The van der Waals surface area contributed by atoms with Crippen molar-refractivity contribution in [1.82, 2.24) is 4.90 Å². The van der Waals surface area contributed by atoms with E-state index in [0.717, 1.165) is 11.1 Å². The number of aryl methyl sites for hydroxylation is 1. The molecular formula is C29H32N4O6. The maximum Gasteiger partial charge on any atom is 0.335 e. The van der Waals surface area contributed by atoms with Gasteiger partial charge >= 0.3 is 12.0 Å². The van der Waals surface area contributed by atoms with Crippen LogP contribution >= 0.6 is 0 Å². The molecule has 0 atom stereocenters. The summed E-state index contributed by atoms with van der Waals surface area (Å²) in [5.74, 6) is -1.69. The number of carboxylic acid groups (broad SMARTS) is 1. The molecule has 0 aliphatic carbocycles. The molecule has 0 radical (unpaired) electrons.